The van der Waals surface area contributed by atoms with Crippen molar-refractivity contribution in [3.05, 3.63) is 77.8 Å². The first-order valence-corrected chi connectivity index (χ1v) is 7.87. The van der Waals surface area contributed by atoms with Crippen molar-refractivity contribution in [1.82, 2.24) is 15.1 Å². The van der Waals surface area contributed by atoms with Crippen molar-refractivity contribution in [3.63, 3.8) is 0 Å². The number of carbonyl (C=O) groups excluding carboxylic acids is 1. The maximum atomic E-state index is 13.4. The second kappa shape index (κ2) is 7.17. The highest BCUT2D eigenvalue weighted by atomic mass is 19.1. The number of nitrogens with zero attached hydrogens (tertiary/aromatic N) is 2. The van der Waals surface area contributed by atoms with Gasteiger partial charge in [-0.2, -0.15) is 5.10 Å². The van der Waals surface area contributed by atoms with Gasteiger partial charge in [-0.25, -0.2) is 9.07 Å². The lowest BCUT2D eigenvalue weighted by Gasteiger charge is -2.13. The quantitative estimate of drug-likeness (QED) is 0.719. The third-order valence-electron chi connectivity index (χ3n) is 3.87. The van der Waals surface area contributed by atoms with E-state index in [1.54, 1.807) is 47.5 Å². The molecule has 1 N–H and O–H groups in total. The molecule has 1 unspecified atom stereocenters. The minimum atomic E-state index is -0.321. The maximum absolute atomic E-state index is 13.4. The number of amides is 1. The fourth-order valence-electron chi connectivity index (χ4n) is 2.60. The highest BCUT2D eigenvalue weighted by molar-refractivity contribution is 5.91. The first-order valence-electron chi connectivity index (χ1n) is 7.87. The average molecular weight is 339 g/mol. The van der Waals surface area contributed by atoms with Gasteiger partial charge in [-0.15, -0.1) is 0 Å². The van der Waals surface area contributed by atoms with Crippen LogP contribution in [-0.2, 0) is 4.79 Å². The molecule has 2 aromatic heterocycles. The summed E-state index contributed by atoms with van der Waals surface area (Å²) in [7, 11) is 0. The van der Waals surface area contributed by atoms with Crippen molar-refractivity contribution >= 4 is 12.0 Å². The summed E-state index contributed by atoms with van der Waals surface area (Å²) in [6, 6.07) is 9.50. The second-order valence-corrected chi connectivity index (χ2v) is 5.66. The summed E-state index contributed by atoms with van der Waals surface area (Å²) in [6.45, 7) is 3.76. The summed E-state index contributed by atoms with van der Waals surface area (Å²) in [5, 5.41) is 7.19. The van der Waals surface area contributed by atoms with E-state index in [1.807, 2.05) is 13.8 Å². The largest absolute Gasteiger partial charge is 0.465 e. The molecule has 0 spiro atoms. The van der Waals surface area contributed by atoms with Crippen molar-refractivity contribution in [2.45, 2.75) is 19.9 Å². The van der Waals surface area contributed by atoms with Crippen molar-refractivity contribution in [1.29, 1.82) is 0 Å². The molecule has 1 amide bonds. The van der Waals surface area contributed by atoms with E-state index >= 15 is 0 Å². The van der Waals surface area contributed by atoms with Crippen LogP contribution in [0.1, 0.15) is 30.0 Å². The molecular formula is C19H18FN3O2. The van der Waals surface area contributed by atoms with Gasteiger partial charge in [0.2, 0.25) is 5.91 Å². The Labute approximate surface area is 144 Å². The zero-order chi connectivity index (χ0) is 17.8. The summed E-state index contributed by atoms with van der Waals surface area (Å²) in [4.78, 5) is 12.0. The van der Waals surface area contributed by atoms with Gasteiger partial charge < -0.3 is 9.73 Å². The third kappa shape index (κ3) is 3.85. The molecule has 1 aromatic carbocycles. The Morgan fingerprint density at radius 2 is 2.20 bits per heavy atom. The molecule has 0 saturated carbocycles. The maximum Gasteiger partial charge on any atom is 0.244 e. The highest BCUT2D eigenvalue weighted by Gasteiger charge is 2.15. The molecular weight excluding hydrogens is 321 g/mol. The molecule has 0 fully saturated rings. The summed E-state index contributed by atoms with van der Waals surface area (Å²) in [5.41, 5.74) is 2.34. The minimum Gasteiger partial charge on any atom is -0.465 e. The van der Waals surface area contributed by atoms with Crippen LogP contribution < -0.4 is 5.32 Å². The lowest BCUT2D eigenvalue weighted by Crippen LogP contribution is -2.25. The standard InChI is InChI=1S/C19H18FN3O2/c1-13(22-19(24)9-8-17-7-4-10-25-17)18-12-21-23(14(18)2)16-6-3-5-15(20)11-16/h3-13H,1-2H3,(H,22,24). The third-order valence-corrected chi connectivity index (χ3v) is 3.87. The topological polar surface area (TPSA) is 60.1 Å². The van der Waals surface area contributed by atoms with Crippen LogP contribution in [0.25, 0.3) is 11.8 Å². The Morgan fingerprint density at radius 1 is 1.36 bits per heavy atom. The zero-order valence-electron chi connectivity index (χ0n) is 13.9. The van der Waals surface area contributed by atoms with Crippen molar-refractivity contribution in [3.8, 4) is 5.69 Å². The smallest absolute Gasteiger partial charge is 0.244 e. The minimum absolute atomic E-state index is 0.234. The van der Waals surface area contributed by atoms with Gasteiger partial charge in [0.05, 0.1) is 24.2 Å². The van der Waals surface area contributed by atoms with Gasteiger partial charge in [-0.05, 0) is 50.3 Å². The molecule has 3 aromatic rings. The van der Waals surface area contributed by atoms with E-state index in [4.69, 9.17) is 4.42 Å². The first-order chi connectivity index (χ1) is 12.0. The van der Waals surface area contributed by atoms with Crippen LogP contribution in [0.5, 0.6) is 0 Å². The lowest BCUT2D eigenvalue weighted by molar-refractivity contribution is -0.117. The number of nitrogens with one attached hydrogen (secondary N) is 1. The van der Waals surface area contributed by atoms with Gasteiger partial charge in [0.15, 0.2) is 0 Å². The van der Waals surface area contributed by atoms with Gasteiger partial charge in [0.25, 0.3) is 0 Å². The zero-order valence-corrected chi connectivity index (χ0v) is 13.9. The molecule has 0 bridgehead atoms. The van der Waals surface area contributed by atoms with Gasteiger partial charge in [0.1, 0.15) is 11.6 Å². The number of rotatable bonds is 5. The fraction of sp³-hybridized carbons (Fsp3) is 0.158. The Hall–Kier alpha value is -3.15. The van der Waals surface area contributed by atoms with Crippen molar-refractivity contribution in [2.75, 3.05) is 0 Å². The Balaban J connectivity index is 1.72. The molecule has 0 aliphatic carbocycles. The summed E-state index contributed by atoms with van der Waals surface area (Å²) in [5.74, 6) is 0.0538. The molecule has 0 aliphatic heterocycles. The SMILES string of the molecule is Cc1c(C(C)NC(=O)C=Cc2ccco2)cnn1-c1cccc(F)c1. The van der Waals surface area contributed by atoms with Crippen LogP contribution in [-0.4, -0.2) is 15.7 Å². The van der Waals surface area contributed by atoms with E-state index in [0.717, 1.165) is 11.3 Å². The molecule has 3 rings (SSSR count). The van der Waals surface area contributed by atoms with Crippen LogP contribution in [0.3, 0.4) is 0 Å². The summed E-state index contributed by atoms with van der Waals surface area (Å²) < 4.78 is 20.2. The predicted molar refractivity (Wildman–Crippen MR) is 92.6 cm³/mol. The second-order valence-electron chi connectivity index (χ2n) is 5.66. The Bertz CT molecular complexity index is 897. The van der Waals surface area contributed by atoms with Crippen molar-refractivity contribution in [2.24, 2.45) is 0 Å². The van der Waals surface area contributed by atoms with Crippen LogP contribution >= 0.6 is 0 Å². The molecule has 0 radical (unpaired) electrons. The number of halogens is 1. The lowest BCUT2D eigenvalue weighted by atomic mass is 10.1. The number of carbonyl (C=O) groups is 1. The molecule has 0 saturated heterocycles. The van der Waals surface area contributed by atoms with Gasteiger partial charge >= 0.3 is 0 Å². The number of hydrogen-bond acceptors (Lipinski definition) is 3. The predicted octanol–water partition coefficient (Wildman–Crippen LogP) is 3.80. The van der Waals surface area contributed by atoms with Gasteiger partial charge in [-0.3, -0.25) is 4.79 Å². The number of benzene rings is 1. The first kappa shape index (κ1) is 16.7. The van der Waals surface area contributed by atoms with Crippen LogP contribution in [0, 0.1) is 12.7 Å². The molecule has 25 heavy (non-hydrogen) atoms. The van der Waals surface area contributed by atoms with E-state index in [-0.39, 0.29) is 17.8 Å². The summed E-state index contributed by atoms with van der Waals surface area (Å²) >= 11 is 0. The monoisotopic (exact) mass is 339 g/mol. The number of furan rings is 1. The molecule has 128 valence electrons. The number of hydrogen-bond donors (Lipinski definition) is 1. The molecule has 2 heterocycles. The van der Waals surface area contributed by atoms with Crippen molar-refractivity contribution < 1.29 is 13.6 Å². The van der Waals surface area contributed by atoms with E-state index in [1.165, 1.54) is 18.2 Å². The average Bonchev–Trinajstić information content (AvgIpc) is 3.22. The van der Waals surface area contributed by atoms with E-state index in [0.29, 0.717) is 11.4 Å². The van der Waals surface area contributed by atoms with E-state index < -0.39 is 0 Å². The van der Waals surface area contributed by atoms with Crippen LogP contribution in [0.15, 0.2) is 59.4 Å². The molecule has 0 aliphatic rings. The molecule has 1 atom stereocenters. The molecule has 5 nitrogen and oxygen atoms in total. The Kier molecular flexibility index (Phi) is 4.79. The van der Waals surface area contributed by atoms with E-state index in [2.05, 4.69) is 10.4 Å². The summed E-state index contributed by atoms with van der Waals surface area (Å²) in [6.07, 6.45) is 6.25. The normalized spacial score (nSPS) is 12.4. The number of aromatic nitrogens is 2. The fourth-order valence-corrected chi connectivity index (χ4v) is 2.60. The van der Waals surface area contributed by atoms with Gasteiger partial charge in [0, 0.05) is 17.3 Å². The Morgan fingerprint density at radius 3 is 2.92 bits per heavy atom. The highest BCUT2D eigenvalue weighted by Crippen LogP contribution is 2.20. The van der Waals surface area contributed by atoms with Crippen LogP contribution in [0.4, 0.5) is 4.39 Å². The van der Waals surface area contributed by atoms with E-state index in [9.17, 15) is 9.18 Å². The molecule has 6 heteroatoms. The van der Waals surface area contributed by atoms with Crippen LogP contribution in [0.2, 0.25) is 0 Å². The van der Waals surface area contributed by atoms with Gasteiger partial charge in [-0.1, -0.05) is 6.07 Å².